The molecule has 0 aliphatic carbocycles. The van der Waals surface area contributed by atoms with Crippen LogP contribution in [0.5, 0.6) is 11.8 Å². The number of anilines is 1. The summed E-state index contributed by atoms with van der Waals surface area (Å²) in [7, 11) is 2.60. The zero-order valence-corrected chi connectivity index (χ0v) is 14.1. The predicted molar refractivity (Wildman–Crippen MR) is 91.0 cm³/mol. The van der Waals surface area contributed by atoms with Crippen LogP contribution >= 0.6 is 0 Å². The van der Waals surface area contributed by atoms with Crippen molar-refractivity contribution in [3.63, 3.8) is 0 Å². The van der Waals surface area contributed by atoms with Crippen LogP contribution < -0.4 is 14.8 Å². The van der Waals surface area contributed by atoms with Crippen molar-refractivity contribution in [3.05, 3.63) is 46.0 Å². The number of benzene rings is 1. The Hall–Kier alpha value is -2.94. The van der Waals surface area contributed by atoms with Gasteiger partial charge in [-0.05, 0) is 12.0 Å². The van der Waals surface area contributed by atoms with Crippen LogP contribution in [0.25, 0.3) is 0 Å². The van der Waals surface area contributed by atoms with E-state index in [-0.39, 0.29) is 17.7 Å². The molecule has 0 unspecified atom stereocenters. The summed E-state index contributed by atoms with van der Waals surface area (Å²) in [6, 6.07) is 9.89. The Balaban J connectivity index is 1.83. The summed E-state index contributed by atoms with van der Waals surface area (Å²) in [4.78, 5) is 18.4. The van der Waals surface area contributed by atoms with E-state index < -0.39 is 10.6 Å². The quantitative estimate of drug-likeness (QED) is 0.396. The normalized spacial score (nSPS) is 10.3. The zero-order valence-electron chi connectivity index (χ0n) is 14.1. The van der Waals surface area contributed by atoms with Crippen LogP contribution in [-0.2, 0) is 11.3 Å². The maximum atomic E-state index is 11.0. The van der Waals surface area contributed by atoms with Gasteiger partial charge < -0.3 is 19.5 Å². The molecule has 2 rings (SSSR count). The van der Waals surface area contributed by atoms with Crippen molar-refractivity contribution in [2.75, 3.05) is 32.7 Å². The molecule has 0 bridgehead atoms. The molecule has 1 heterocycles. The minimum absolute atomic E-state index is 0.153. The fourth-order valence-corrected chi connectivity index (χ4v) is 2.07. The standard InChI is InChI=1S/C16H20N4O5/c1-23-14-13(20(21)22)15(24-2)19-16(18-14)17-9-6-10-25-11-12-7-4-3-5-8-12/h3-5,7-8H,6,9-11H2,1-2H3,(H,17,18,19). The lowest BCUT2D eigenvalue weighted by atomic mass is 10.2. The van der Waals surface area contributed by atoms with Crippen molar-refractivity contribution in [1.29, 1.82) is 0 Å². The van der Waals surface area contributed by atoms with Crippen molar-refractivity contribution >= 4 is 11.6 Å². The van der Waals surface area contributed by atoms with Crippen molar-refractivity contribution < 1.29 is 19.1 Å². The molecular formula is C16H20N4O5. The molecule has 2 aromatic rings. The van der Waals surface area contributed by atoms with Gasteiger partial charge in [0.25, 0.3) is 0 Å². The van der Waals surface area contributed by atoms with E-state index in [4.69, 9.17) is 14.2 Å². The van der Waals surface area contributed by atoms with Crippen molar-refractivity contribution in [1.82, 2.24) is 9.97 Å². The van der Waals surface area contributed by atoms with Gasteiger partial charge in [0.2, 0.25) is 5.95 Å². The van der Waals surface area contributed by atoms with E-state index in [9.17, 15) is 10.1 Å². The molecule has 0 spiro atoms. The van der Waals surface area contributed by atoms with Crippen molar-refractivity contribution in [2.24, 2.45) is 0 Å². The largest absolute Gasteiger partial charge is 0.476 e. The molecule has 0 saturated carbocycles. The highest BCUT2D eigenvalue weighted by Crippen LogP contribution is 2.34. The van der Waals surface area contributed by atoms with Crippen molar-refractivity contribution in [3.8, 4) is 11.8 Å². The highest BCUT2D eigenvalue weighted by atomic mass is 16.6. The van der Waals surface area contributed by atoms with E-state index in [0.717, 1.165) is 12.0 Å². The number of ether oxygens (including phenoxy) is 3. The first-order chi connectivity index (χ1) is 12.2. The average Bonchev–Trinajstić information content (AvgIpc) is 2.64. The van der Waals surface area contributed by atoms with Gasteiger partial charge in [-0.15, -0.1) is 0 Å². The molecule has 1 aromatic heterocycles. The minimum atomic E-state index is -0.640. The number of rotatable bonds is 10. The van der Waals surface area contributed by atoms with E-state index >= 15 is 0 Å². The van der Waals surface area contributed by atoms with Gasteiger partial charge in [-0.25, -0.2) is 0 Å². The van der Waals surface area contributed by atoms with Gasteiger partial charge in [-0.2, -0.15) is 9.97 Å². The summed E-state index contributed by atoms with van der Waals surface area (Å²) in [5, 5.41) is 14.0. The van der Waals surface area contributed by atoms with Crippen LogP contribution in [0.4, 0.5) is 11.6 Å². The molecule has 0 atom stereocenters. The maximum Gasteiger partial charge on any atom is 0.392 e. The van der Waals surface area contributed by atoms with Crippen LogP contribution in [0.1, 0.15) is 12.0 Å². The smallest absolute Gasteiger partial charge is 0.392 e. The van der Waals surface area contributed by atoms with E-state index in [0.29, 0.717) is 19.8 Å². The summed E-state index contributed by atoms with van der Waals surface area (Å²) < 4.78 is 15.5. The first kappa shape index (κ1) is 18.4. The third-order valence-electron chi connectivity index (χ3n) is 3.25. The first-order valence-electron chi connectivity index (χ1n) is 7.65. The maximum absolute atomic E-state index is 11.0. The summed E-state index contributed by atoms with van der Waals surface area (Å²) in [6.45, 7) is 1.65. The molecule has 1 N–H and O–H groups in total. The van der Waals surface area contributed by atoms with E-state index in [1.165, 1.54) is 14.2 Å². The van der Waals surface area contributed by atoms with Gasteiger partial charge in [0.1, 0.15) is 0 Å². The van der Waals surface area contributed by atoms with Crippen LogP contribution in [0.2, 0.25) is 0 Å². The van der Waals surface area contributed by atoms with Gasteiger partial charge in [0.15, 0.2) is 0 Å². The molecule has 0 saturated heterocycles. The third-order valence-corrected chi connectivity index (χ3v) is 3.25. The fourth-order valence-electron chi connectivity index (χ4n) is 2.07. The fraction of sp³-hybridized carbons (Fsp3) is 0.375. The van der Waals surface area contributed by atoms with Gasteiger partial charge >= 0.3 is 17.4 Å². The lowest BCUT2D eigenvalue weighted by Gasteiger charge is -2.09. The van der Waals surface area contributed by atoms with Crippen LogP contribution in [0.15, 0.2) is 30.3 Å². The Bertz CT molecular complexity index is 671. The number of nitrogens with zero attached hydrogens (tertiary/aromatic N) is 3. The number of hydrogen-bond acceptors (Lipinski definition) is 8. The summed E-state index contributed by atoms with van der Waals surface area (Å²) >= 11 is 0. The van der Waals surface area contributed by atoms with Crippen molar-refractivity contribution in [2.45, 2.75) is 13.0 Å². The van der Waals surface area contributed by atoms with Crippen LogP contribution in [-0.4, -0.2) is 42.3 Å². The highest BCUT2D eigenvalue weighted by Gasteiger charge is 2.26. The summed E-state index contributed by atoms with van der Waals surface area (Å²) in [6.07, 6.45) is 0.720. The Labute approximate surface area is 145 Å². The van der Waals surface area contributed by atoms with E-state index in [1.807, 2.05) is 30.3 Å². The Morgan fingerprint density at radius 3 is 2.32 bits per heavy atom. The molecule has 1 aromatic carbocycles. The Morgan fingerprint density at radius 1 is 1.12 bits per heavy atom. The highest BCUT2D eigenvalue weighted by molar-refractivity contribution is 5.53. The lowest BCUT2D eigenvalue weighted by molar-refractivity contribution is -0.387. The van der Waals surface area contributed by atoms with Gasteiger partial charge in [0.05, 0.1) is 25.7 Å². The molecule has 0 radical (unpaired) electrons. The molecule has 134 valence electrons. The number of nitrogens with one attached hydrogen (secondary N) is 1. The SMILES string of the molecule is COc1nc(NCCCOCc2ccccc2)nc(OC)c1[N+](=O)[O-]. The van der Waals surface area contributed by atoms with Crippen LogP contribution in [0, 0.1) is 10.1 Å². The molecule has 9 heteroatoms. The zero-order chi connectivity index (χ0) is 18.1. The van der Waals surface area contributed by atoms with Crippen LogP contribution in [0.3, 0.4) is 0 Å². The molecule has 0 aliphatic heterocycles. The Kier molecular flexibility index (Phi) is 6.90. The average molecular weight is 348 g/mol. The second-order valence-corrected chi connectivity index (χ2v) is 4.99. The van der Waals surface area contributed by atoms with E-state index in [1.54, 1.807) is 0 Å². The molecule has 0 aliphatic rings. The molecular weight excluding hydrogens is 328 g/mol. The van der Waals surface area contributed by atoms with E-state index in [2.05, 4.69) is 15.3 Å². The summed E-state index contributed by atoms with van der Waals surface area (Å²) in [5.41, 5.74) is 0.713. The number of nitro groups is 1. The topological polar surface area (TPSA) is 109 Å². The van der Waals surface area contributed by atoms with Gasteiger partial charge in [-0.3, -0.25) is 10.1 Å². The molecule has 25 heavy (non-hydrogen) atoms. The molecule has 0 amide bonds. The number of hydrogen-bond donors (Lipinski definition) is 1. The Morgan fingerprint density at radius 2 is 1.76 bits per heavy atom. The first-order valence-corrected chi connectivity index (χ1v) is 7.65. The molecule has 9 nitrogen and oxygen atoms in total. The molecule has 0 fully saturated rings. The van der Waals surface area contributed by atoms with Gasteiger partial charge in [-0.1, -0.05) is 30.3 Å². The minimum Gasteiger partial charge on any atom is -0.476 e. The predicted octanol–water partition coefficient (Wildman–Crippen LogP) is 2.42. The van der Waals surface area contributed by atoms with Gasteiger partial charge in [0, 0.05) is 13.2 Å². The number of aromatic nitrogens is 2. The monoisotopic (exact) mass is 348 g/mol. The second-order valence-electron chi connectivity index (χ2n) is 4.99. The second kappa shape index (κ2) is 9.38. The summed E-state index contributed by atoms with van der Waals surface area (Å²) in [5.74, 6) is -0.110. The number of methoxy groups -OCH3 is 2. The lowest BCUT2D eigenvalue weighted by Crippen LogP contribution is -2.11. The third kappa shape index (κ3) is 5.28.